The number of hydrogen-bond donors (Lipinski definition) is 1. The lowest BCUT2D eigenvalue weighted by molar-refractivity contribution is 0.598. The minimum Gasteiger partial charge on any atom is -0.302 e. The molecular formula is C16H16FN3O2S. The van der Waals surface area contributed by atoms with Crippen LogP contribution in [0.25, 0.3) is 5.65 Å². The molecule has 0 aliphatic heterocycles. The average Bonchev–Trinajstić information content (AvgIpc) is 2.77. The van der Waals surface area contributed by atoms with Crippen molar-refractivity contribution in [3.63, 3.8) is 0 Å². The van der Waals surface area contributed by atoms with Gasteiger partial charge in [-0.2, -0.15) is 0 Å². The quantitative estimate of drug-likeness (QED) is 0.800. The van der Waals surface area contributed by atoms with Crippen LogP contribution in [0.4, 0.5) is 10.1 Å². The summed E-state index contributed by atoms with van der Waals surface area (Å²) < 4.78 is 42.5. The summed E-state index contributed by atoms with van der Waals surface area (Å²) in [5.41, 5.74) is 3.28. The number of nitrogens with zero attached hydrogens (tertiary/aromatic N) is 2. The van der Waals surface area contributed by atoms with Crippen LogP contribution < -0.4 is 4.72 Å². The first-order valence-electron chi connectivity index (χ1n) is 7.02. The second-order valence-corrected chi connectivity index (χ2v) is 7.13. The fraction of sp³-hybridized carbons (Fsp3) is 0.188. The molecule has 0 amide bonds. The van der Waals surface area contributed by atoms with Gasteiger partial charge in [-0.1, -0.05) is 0 Å². The number of pyridine rings is 1. The maximum Gasteiger partial charge on any atom is 0.261 e. The Kier molecular flexibility index (Phi) is 3.60. The van der Waals surface area contributed by atoms with Gasteiger partial charge in [0.15, 0.2) is 0 Å². The molecule has 23 heavy (non-hydrogen) atoms. The van der Waals surface area contributed by atoms with E-state index in [1.165, 1.54) is 19.1 Å². The molecule has 3 aromatic rings. The summed E-state index contributed by atoms with van der Waals surface area (Å²) in [7, 11) is -3.78. The third-order valence-electron chi connectivity index (χ3n) is 3.79. The highest BCUT2D eigenvalue weighted by Gasteiger charge is 2.16. The van der Waals surface area contributed by atoms with Crippen LogP contribution in [0, 0.1) is 26.6 Å². The fourth-order valence-electron chi connectivity index (χ4n) is 2.34. The van der Waals surface area contributed by atoms with Crippen molar-refractivity contribution in [3.05, 3.63) is 59.3 Å². The zero-order chi connectivity index (χ0) is 16.8. The number of hydrogen-bond acceptors (Lipinski definition) is 3. The molecule has 2 aromatic heterocycles. The van der Waals surface area contributed by atoms with Crippen LogP contribution in [-0.2, 0) is 10.0 Å². The van der Waals surface area contributed by atoms with Crippen molar-refractivity contribution in [1.29, 1.82) is 0 Å². The molecule has 1 aromatic carbocycles. The van der Waals surface area contributed by atoms with Gasteiger partial charge in [0.25, 0.3) is 10.0 Å². The lowest BCUT2D eigenvalue weighted by Gasteiger charge is -2.10. The fourth-order valence-corrected chi connectivity index (χ4v) is 3.47. The van der Waals surface area contributed by atoms with Gasteiger partial charge in [-0.3, -0.25) is 4.72 Å². The number of rotatable bonds is 3. The van der Waals surface area contributed by atoms with Gasteiger partial charge in [-0.15, -0.1) is 0 Å². The number of aromatic nitrogens is 2. The Morgan fingerprint density at radius 1 is 1.13 bits per heavy atom. The molecule has 5 nitrogen and oxygen atoms in total. The molecule has 2 heterocycles. The highest BCUT2D eigenvalue weighted by molar-refractivity contribution is 7.92. The lowest BCUT2D eigenvalue weighted by atomic mass is 10.2. The first kappa shape index (κ1) is 15.5. The predicted octanol–water partition coefficient (Wildman–Crippen LogP) is 3.20. The number of sulfonamides is 1. The first-order chi connectivity index (χ1) is 10.8. The highest BCUT2D eigenvalue weighted by atomic mass is 32.2. The molecule has 0 bridgehead atoms. The molecule has 0 atom stereocenters. The molecule has 0 aliphatic carbocycles. The van der Waals surface area contributed by atoms with E-state index in [0.717, 1.165) is 23.1 Å². The summed E-state index contributed by atoms with van der Waals surface area (Å²) in [6, 6.07) is 7.10. The van der Waals surface area contributed by atoms with Gasteiger partial charge < -0.3 is 4.40 Å². The van der Waals surface area contributed by atoms with E-state index >= 15 is 0 Å². The van der Waals surface area contributed by atoms with E-state index in [1.54, 1.807) is 18.3 Å². The van der Waals surface area contributed by atoms with Crippen LogP contribution in [0.1, 0.15) is 17.0 Å². The smallest absolute Gasteiger partial charge is 0.261 e. The van der Waals surface area contributed by atoms with Crippen molar-refractivity contribution >= 4 is 21.4 Å². The standard InChI is InChI=1S/C16H16FN3O2S/c1-10-8-14(5-6-15(10)17)23(21,22)19-13-4-7-16-18-11(2)12(3)20(16)9-13/h4-9,19H,1-3H3. The molecule has 0 spiro atoms. The summed E-state index contributed by atoms with van der Waals surface area (Å²) in [6.07, 6.45) is 1.68. The molecule has 0 saturated carbocycles. The van der Waals surface area contributed by atoms with E-state index < -0.39 is 15.8 Å². The minimum atomic E-state index is -3.78. The Bertz CT molecular complexity index is 1010. The van der Waals surface area contributed by atoms with Gasteiger partial charge in [-0.25, -0.2) is 17.8 Å². The average molecular weight is 333 g/mol. The number of anilines is 1. The molecule has 0 fully saturated rings. The van der Waals surface area contributed by atoms with Crippen LogP contribution in [0.2, 0.25) is 0 Å². The molecule has 7 heteroatoms. The summed E-state index contributed by atoms with van der Waals surface area (Å²) in [5.74, 6) is -0.435. The molecule has 3 rings (SSSR count). The maximum absolute atomic E-state index is 13.3. The summed E-state index contributed by atoms with van der Waals surface area (Å²) >= 11 is 0. The summed E-state index contributed by atoms with van der Waals surface area (Å²) in [4.78, 5) is 4.40. The van der Waals surface area contributed by atoms with Gasteiger partial charge in [-0.05, 0) is 56.7 Å². The number of aryl methyl sites for hydroxylation is 3. The summed E-state index contributed by atoms with van der Waals surface area (Å²) in [6.45, 7) is 5.34. The Labute approximate surface area is 133 Å². The van der Waals surface area contributed by atoms with Crippen LogP contribution >= 0.6 is 0 Å². The van der Waals surface area contributed by atoms with Gasteiger partial charge >= 0.3 is 0 Å². The van der Waals surface area contributed by atoms with E-state index in [1.807, 2.05) is 18.2 Å². The van der Waals surface area contributed by atoms with Crippen molar-refractivity contribution in [2.75, 3.05) is 4.72 Å². The number of imidazole rings is 1. The summed E-state index contributed by atoms with van der Waals surface area (Å²) in [5, 5.41) is 0. The number of halogens is 1. The SMILES string of the molecule is Cc1cc(S(=O)(=O)Nc2ccc3nc(C)c(C)n3c2)ccc1F. The van der Waals surface area contributed by atoms with Crippen molar-refractivity contribution in [2.24, 2.45) is 0 Å². The van der Waals surface area contributed by atoms with Gasteiger partial charge in [0, 0.05) is 11.9 Å². The molecular weight excluding hydrogens is 317 g/mol. The van der Waals surface area contributed by atoms with Crippen molar-refractivity contribution in [1.82, 2.24) is 9.38 Å². The third kappa shape index (κ3) is 2.79. The Morgan fingerprint density at radius 3 is 2.57 bits per heavy atom. The zero-order valence-electron chi connectivity index (χ0n) is 13.0. The Balaban J connectivity index is 1.99. The molecule has 0 aliphatic rings. The van der Waals surface area contributed by atoms with Crippen molar-refractivity contribution in [3.8, 4) is 0 Å². The Hall–Kier alpha value is -2.41. The van der Waals surface area contributed by atoms with Gasteiger partial charge in [0.2, 0.25) is 0 Å². The number of fused-ring (bicyclic) bond motifs is 1. The van der Waals surface area contributed by atoms with Gasteiger partial charge in [0.05, 0.1) is 16.3 Å². The predicted molar refractivity (Wildman–Crippen MR) is 86.6 cm³/mol. The molecule has 1 N–H and O–H groups in total. The maximum atomic E-state index is 13.3. The van der Waals surface area contributed by atoms with E-state index in [4.69, 9.17) is 0 Å². The van der Waals surface area contributed by atoms with E-state index in [2.05, 4.69) is 9.71 Å². The molecule has 120 valence electrons. The van der Waals surface area contributed by atoms with E-state index in [0.29, 0.717) is 5.69 Å². The Morgan fingerprint density at radius 2 is 1.87 bits per heavy atom. The van der Waals surface area contributed by atoms with Crippen molar-refractivity contribution < 1.29 is 12.8 Å². The topological polar surface area (TPSA) is 63.5 Å². The second kappa shape index (κ2) is 5.34. The second-order valence-electron chi connectivity index (χ2n) is 5.45. The monoisotopic (exact) mass is 333 g/mol. The van der Waals surface area contributed by atoms with Crippen LogP contribution in [-0.4, -0.2) is 17.8 Å². The van der Waals surface area contributed by atoms with Crippen LogP contribution in [0.5, 0.6) is 0 Å². The normalized spacial score (nSPS) is 11.8. The number of benzene rings is 1. The van der Waals surface area contributed by atoms with Crippen LogP contribution in [0.15, 0.2) is 41.4 Å². The molecule has 0 radical (unpaired) electrons. The van der Waals surface area contributed by atoms with Gasteiger partial charge in [0.1, 0.15) is 11.5 Å². The molecule has 0 unspecified atom stereocenters. The van der Waals surface area contributed by atoms with Crippen LogP contribution in [0.3, 0.4) is 0 Å². The zero-order valence-corrected chi connectivity index (χ0v) is 13.8. The van der Waals surface area contributed by atoms with Crippen molar-refractivity contribution in [2.45, 2.75) is 25.7 Å². The third-order valence-corrected chi connectivity index (χ3v) is 5.17. The molecule has 0 saturated heterocycles. The van der Waals surface area contributed by atoms with E-state index in [9.17, 15) is 12.8 Å². The lowest BCUT2D eigenvalue weighted by Crippen LogP contribution is -2.13. The largest absolute Gasteiger partial charge is 0.302 e. The first-order valence-corrected chi connectivity index (χ1v) is 8.50. The minimum absolute atomic E-state index is 0.0232. The number of nitrogens with one attached hydrogen (secondary N) is 1. The highest BCUT2D eigenvalue weighted by Crippen LogP contribution is 2.20. The van der Waals surface area contributed by atoms with E-state index in [-0.39, 0.29) is 10.5 Å².